The summed E-state index contributed by atoms with van der Waals surface area (Å²) in [6, 6.07) is 7.04. The maximum Gasteiger partial charge on any atom is 0.129 e. The lowest BCUT2D eigenvalue weighted by atomic mass is 10.2. The fourth-order valence-corrected chi connectivity index (χ4v) is 2.26. The fourth-order valence-electron chi connectivity index (χ4n) is 1.97. The summed E-state index contributed by atoms with van der Waals surface area (Å²) in [4.78, 5) is 5.08. The molecule has 0 aliphatic carbocycles. The Labute approximate surface area is 105 Å². The van der Waals surface area contributed by atoms with Crippen molar-refractivity contribution in [3.05, 3.63) is 28.7 Å². The van der Waals surface area contributed by atoms with Crippen molar-refractivity contribution in [1.82, 2.24) is 9.80 Å². The highest BCUT2D eigenvalue weighted by atomic mass is 79.9. The molecule has 16 heavy (non-hydrogen) atoms. The zero-order chi connectivity index (χ0) is 11.4. The first-order valence-electron chi connectivity index (χ1n) is 5.64. The monoisotopic (exact) mass is 284 g/mol. The number of phenols is 1. The number of nitrogens with zero attached hydrogens (tertiary/aromatic N) is 2. The third kappa shape index (κ3) is 3.20. The highest BCUT2D eigenvalue weighted by molar-refractivity contribution is 9.10. The summed E-state index contributed by atoms with van der Waals surface area (Å²) in [6.45, 7) is 7.92. The molecule has 3 nitrogen and oxygen atoms in total. The maximum absolute atomic E-state index is 8.87. The molecule has 3 aliphatic heterocycles. The van der Waals surface area contributed by atoms with Gasteiger partial charge in [-0.2, -0.15) is 0 Å². The average molecular weight is 285 g/mol. The molecule has 0 atom stereocenters. The first-order valence-corrected chi connectivity index (χ1v) is 6.43. The first kappa shape index (κ1) is 11.9. The number of benzene rings is 1. The van der Waals surface area contributed by atoms with E-state index in [1.54, 1.807) is 18.2 Å². The molecular formula is C12H17BrN2O. The molecule has 3 aliphatic rings. The van der Waals surface area contributed by atoms with Crippen molar-refractivity contribution in [2.45, 2.75) is 0 Å². The highest BCUT2D eigenvalue weighted by Gasteiger charge is 2.21. The van der Waals surface area contributed by atoms with Gasteiger partial charge in [0.25, 0.3) is 0 Å². The second-order valence-corrected chi connectivity index (χ2v) is 4.99. The van der Waals surface area contributed by atoms with Crippen LogP contribution in [0.1, 0.15) is 0 Å². The molecule has 1 aromatic rings. The van der Waals surface area contributed by atoms with Crippen molar-refractivity contribution in [2.75, 3.05) is 39.3 Å². The number of hydrogen-bond donors (Lipinski definition) is 1. The van der Waals surface area contributed by atoms with Crippen molar-refractivity contribution in [2.24, 2.45) is 0 Å². The normalized spacial score (nSPS) is 27.1. The van der Waals surface area contributed by atoms with Gasteiger partial charge in [-0.1, -0.05) is 12.1 Å². The number of rotatable bonds is 0. The van der Waals surface area contributed by atoms with Crippen molar-refractivity contribution in [3.63, 3.8) is 0 Å². The van der Waals surface area contributed by atoms with Crippen molar-refractivity contribution < 1.29 is 5.11 Å². The van der Waals surface area contributed by atoms with Crippen LogP contribution in [0, 0.1) is 0 Å². The van der Waals surface area contributed by atoms with E-state index in [1.807, 2.05) is 6.07 Å². The van der Waals surface area contributed by atoms with Gasteiger partial charge in [0.2, 0.25) is 0 Å². The Balaban J connectivity index is 0.000000120. The summed E-state index contributed by atoms with van der Waals surface area (Å²) in [5.41, 5.74) is 0. The van der Waals surface area contributed by atoms with Crippen LogP contribution in [0.15, 0.2) is 28.7 Å². The minimum atomic E-state index is 0.285. The van der Waals surface area contributed by atoms with E-state index >= 15 is 0 Å². The summed E-state index contributed by atoms with van der Waals surface area (Å²) in [7, 11) is 0. The Kier molecular flexibility index (Phi) is 4.21. The topological polar surface area (TPSA) is 26.7 Å². The van der Waals surface area contributed by atoms with E-state index in [2.05, 4.69) is 25.7 Å². The molecule has 0 saturated carbocycles. The molecule has 3 fully saturated rings. The number of para-hydroxylation sites is 1. The van der Waals surface area contributed by atoms with Crippen LogP contribution in [0.4, 0.5) is 0 Å². The Bertz CT molecular complexity index is 294. The van der Waals surface area contributed by atoms with E-state index in [1.165, 1.54) is 39.3 Å². The van der Waals surface area contributed by atoms with Crippen LogP contribution in [0.2, 0.25) is 0 Å². The molecule has 1 N–H and O–H groups in total. The van der Waals surface area contributed by atoms with Crippen LogP contribution in [-0.4, -0.2) is 54.2 Å². The van der Waals surface area contributed by atoms with Crippen molar-refractivity contribution in [1.29, 1.82) is 0 Å². The van der Waals surface area contributed by atoms with Gasteiger partial charge in [0.1, 0.15) is 5.75 Å². The predicted molar refractivity (Wildman–Crippen MR) is 68.7 cm³/mol. The van der Waals surface area contributed by atoms with Gasteiger partial charge in [-0.25, -0.2) is 0 Å². The minimum Gasteiger partial charge on any atom is -0.507 e. The Morgan fingerprint density at radius 1 is 0.875 bits per heavy atom. The molecule has 0 spiro atoms. The SMILES string of the molecule is C1CN2CCN1CC2.Oc1ccccc1Br. The Morgan fingerprint density at radius 3 is 1.56 bits per heavy atom. The Morgan fingerprint density at radius 2 is 1.31 bits per heavy atom. The van der Waals surface area contributed by atoms with E-state index in [9.17, 15) is 0 Å². The smallest absolute Gasteiger partial charge is 0.129 e. The second kappa shape index (κ2) is 5.66. The zero-order valence-electron chi connectivity index (χ0n) is 9.27. The number of aromatic hydroxyl groups is 1. The van der Waals surface area contributed by atoms with Crippen LogP contribution in [-0.2, 0) is 0 Å². The van der Waals surface area contributed by atoms with Crippen molar-refractivity contribution in [3.8, 4) is 5.75 Å². The van der Waals surface area contributed by atoms with Gasteiger partial charge in [0, 0.05) is 39.3 Å². The number of fused-ring (bicyclic) bond motifs is 3. The highest BCUT2D eigenvalue weighted by Crippen LogP contribution is 2.21. The summed E-state index contributed by atoms with van der Waals surface area (Å²) < 4.78 is 0.736. The number of piperazine rings is 3. The molecular weight excluding hydrogens is 268 g/mol. The molecule has 0 amide bonds. The third-order valence-electron chi connectivity index (χ3n) is 3.05. The van der Waals surface area contributed by atoms with Crippen LogP contribution in [0.25, 0.3) is 0 Å². The van der Waals surface area contributed by atoms with Crippen LogP contribution < -0.4 is 0 Å². The van der Waals surface area contributed by atoms with Gasteiger partial charge >= 0.3 is 0 Å². The molecule has 3 heterocycles. The maximum atomic E-state index is 8.87. The molecule has 4 heteroatoms. The van der Waals surface area contributed by atoms with E-state index in [-0.39, 0.29) is 5.75 Å². The lowest BCUT2D eigenvalue weighted by molar-refractivity contribution is 0.0647. The van der Waals surface area contributed by atoms with Gasteiger partial charge in [-0.3, -0.25) is 9.80 Å². The van der Waals surface area contributed by atoms with E-state index in [0.717, 1.165) is 4.47 Å². The zero-order valence-corrected chi connectivity index (χ0v) is 10.9. The molecule has 0 aromatic heterocycles. The molecule has 0 unspecified atom stereocenters. The van der Waals surface area contributed by atoms with E-state index < -0.39 is 0 Å². The quantitative estimate of drug-likeness (QED) is 0.787. The van der Waals surface area contributed by atoms with Gasteiger partial charge in [-0.05, 0) is 28.1 Å². The molecule has 3 saturated heterocycles. The number of hydrogen-bond acceptors (Lipinski definition) is 3. The standard InChI is InChI=1S/C6H5BrO.C6H12N2/c7-5-3-1-2-4-6(5)8;1-2-8-5-3-7(1)4-6-8/h1-4,8H;1-6H2. The van der Waals surface area contributed by atoms with Crippen LogP contribution in [0.5, 0.6) is 5.75 Å². The van der Waals surface area contributed by atoms with E-state index in [4.69, 9.17) is 5.11 Å². The van der Waals surface area contributed by atoms with Gasteiger partial charge in [-0.15, -0.1) is 0 Å². The number of phenolic OH excluding ortho intramolecular Hbond substituents is 1. The second-order valence-electron chi connectivity index (χ2n) is 4.13. The summed E-state index contributed by atoms with van der Waals surface area (Å²) in [5, 5.41) is 8.87. The molecule has 0 radical (unpaired) electrons. The van der Waals surface area contributed by atoms with Crippen molar-refractivity contribution >= 4 is 15.9 Å². The van der Waals surface area contributed by atoms with Gasteiger partial charge in [0.05, 0.1) is 4.47 Å². The summed E-state index contributed by atoms with van der Waals surface area (Å²) >= 11 is 3.15. The minimum absolute atomic E-state index is 0.285. The Hall–Kier alpha value is -0.580. The summed E-state index contributed by atoms with van der Waals surface area (Å²) in [6.07, 6.45) is 0. The molecule has 2 bridgehead atoms. The number of halogens is 1. The molecule has 88 valence electrons. The average Bonchev–Trinajstić information content (AvgIpc) is 2.36. The lowest BCUT2D eigenvalue weighted by Crippen LogP contribution is -2.55. The fraction of sp³-hybridized carbons (Fsp3) is 0.500. The van der Waals surface area contributed by atoms with Crippen LogP contribution >= 0.6 is 15.9 Å². The van der Waals surface area contributed by atoms with Crippen LogP contribution in [0.3, 0.4) is 0 Å². The lowest BCUT2D eigenvalue weighted by Gasteiger charge is -2.41. The van der Waals surface area contributed by atoms with Gasteiger partial charge < -0.3 is 5.11 Å². The molecule has 4 rings (SSSR count). The van der Waals surface area contributed by atoms with Gasteiger partial charge in [0.15, 0.2) is 0 Å². The molecule has 1 aromatic carbocycles. The third-order valence-corrected chi connectivity index (χ3v) is 3.72. The summed E-state index contributed by atoms with van der Waals surface area (Å²) in [5.74, 6) is 0.285. The van der Waals surface area contributed by atoms with E-state index in [0.29, 0.717) is 0 Å². The predicted octanol–water partition coefficient (Wildman–Crippen LogP) is 1.77. The first-order chi connectivity index (χ1) is 7.75. The largest absolute Gasteiger partial charge is 0.507 e.